The van der Waals surface area contributed by atoms with Crippen LogP contribution in [0.25, 0.3) is 6.08 Å². The maximum atomic E-state index is 12.4. The highest BCUT2D eigenvalue weighted by Gasteiger charge is 2.34. The minimum absolute atomic E-state index is 0.243. The standard InChI is InChI=1S/C18H17NO3S2/c1-12-4-3-5-14(10-12)22-9-8-19-17(20)16(24-18(19)21)11-15-7-6-13(2)23-15/h3-7,10-11H,8-9H2,1-2H3/b16-11-. The van der Waals surface area contributed by atoms with Crippen molar-refractivity contribution in [3.63, 3.8) is 0 Å². The van der Waals surface area contributed by atoms with E-state index in [0.717, 1.165) is 28.0 Å². The molecule has 4 nitrogen and oxygen atoms in total. The number of hydrogen-bond acceptors (Lipinski definition) is 5. The average molecular weight is 359 g/mol. The van der Waals surface area contributed by atoms with Gasteiger partial charge >= 0.3 is 0 Å². The van der Waals surface area contributed by atoms with E-state index in [1.807, 2.05) is 50.2 Å². The molecule has 1 fully saturated rings. The molecule has 0 atom stereocenters. The molecule has 24 heavy (non-hydrogen) atoms. The summed E-state index contributed by atoms with van der Waals surface area (Å²) in [5.41, 5.74) is 1.10. The van der Waals surface area contributed by atoms with E-state index < -0.39 is 0 Å². The third-order valence-electron chi connectivity index (χ3n) is 3.48. The van der Waals surface area contributed by atoms with Gasteiger partial charge in [-0.25, -0.2) is 0 Å². The van der Waals surface area contributed by atoms with Crippen molar-refractivity contribution in [1.29, 1.82) is 0 Å². The van der Waals surface area contributed by atoms with E-state index in [1.54, 1.807) is 17.4 Å². The van der Waals surface area contributed by atoms with Gasteiger partial charge in [-0.3, -0.25) is 14.5 Å². The van der Waals surface area contributed by atoms with E-state index in [-0.39, 0.29) is 24.3 Å². The second kappa shape index (κ2) is 7.23. The van der Waals surface area contributed by atoms with Gasteiger partial charge in [0.05, 0.1) is 11.4 Å². The maximum Gasteiger partial charge on any atom is 0.293 e. The van der Waals surface area contributed by atoms with E-state index in [1.165, 1.54) is 9.78 Å². The predicted molar refractivity (Wildman–Crippen MR) is 98.4 cm³/mol. The number of hydrogen-bond donors (Lipinski definition) is 0. The van der Waals surface area contributed by atoms with Crippen LogP contribution in [0.4, 0.5) is 4.79 Å². The van der Waals surface area contributed by atoms with Crippen LogP contribution in [-0.4, -0.2) is 29.2 Å². The van der Waals surface area contributed by atoms with Crippen molar-refractivity contribution in [2.45, 2.75) is 13.8 Å². The van der Waals surface area contributed by atoms with Crippen molar-refractivity contribution < 1.29 is 14.3 Å². The fraction of sp³-hybridized carbons (Fsp3) is 0.222. The molecular weight excluding hydrogens is 342 g/mol. The summed E-state index contributed by atoms with van der Waals surface area (Å²) in [6, 6.07) is 11.6. The third kappa shape index (κ3) is 3.88. The van der Waals surface area contributed by atoms with Gasteiger partial charge in [0.15, 0.2) is 0 Å². The minimum atomic E-state index is -0.246. The van der Waals surface area contributed by atoms with Gasteiger partial charge in [0.25, 0.3) is 11.1 Å². The maximum absolute atomic E-state index is 12.4. The lowest BCUT2D eigenvalue weighted by molar-refractivity contribution is -0.123. The average Bonchev–Trinajstić information content (AvgIpc) is 3.05. The van der Waals surface area contributed by atoms with Gasteiger partial charge in [-0.2, -0.15) is 0 Å². The number of benzene rings is 1. The predicted octanol–water partition coefficient (Wildman–Crippen LogP) is 4.48. The van der Waals surface area contributed by atoms with E-state index in [0.29, 0.717) is 4.91 Å². The number of thioether (sulfide) groups is 1. The second-order valence-corrected chi connectivity index (χ2v) is 7.76. The molecule has 124 valence electrons. The van der Waals surface area contributed by atoms with Gasteiger partial charge in [0, 0.05) is 9.75 Å². The van der Waals surface area contributed by atoms with Gasteiger partial charge in [0.1, 0.15) is 12.4 Å². The van der Waals surface area contributed by atoms with Crippen LogP contribution >= 0.6 is 23.1 Å². The van der Waals surface area contributed by atoms with Crippen LogP contribution in [0.5, 0.6) is 5.75 Å². The first-order valence-electron chi connectivity index (χ1n) is 7.54. The molecule has 0 N–H and O–H groups in total. The van der Waals surface area contributed by atoms with Crippen LogP contribution < -0.4 is 4.74 Å². The topological polar surface area (TPSA) is 46.6 Å². The molecular formula is C18H17NO3S2. The number of rotatable bonds is 5. The monoisotopic (exact) mass is 359 g/mol. The van der Waals surface area contributed by atoms with Crippen LogP contribution in [0.2, 0.25) is 0 Å². The lowest BCUT2D eigenvalue weighted by Gasteiger charge is -2.13. The molecule has 0 radical (unpaired) electrons. The van der Waals surface area contributed by atoms with Crippen LogP contribution in [0.1, 0.15) is 15.3 Å². The SMILES string of the molecule is Cc1cccc(OCCN2C(=O)S/C(=C\c3ccc(C)s3)C2=O)c1. The number of thiophene rings is 1. The molecule has 1 aromatic heterocycles. The Bertz CT molecular complexity index is 810. The van der Waals surface area contributed by atoms with Crippen molar-refractivity contribution in [2.24, 2.45) is 0 Å². The highest BCUT2D eigenvalue weighted by Crippen LogP contribution is 2.33. The first-order chi connectivity index (χ1) is 11.5. The van der Waals surface area contributed by atoms with Crippen LogP contribution in [0, 0.1) is 13.8 Å². The number of imide groups is 1. The van der Waals surface area contributed by atoms with Crippen LogP contribution in [0.15, 0.2) is 41.3 Å². The minimum Gasteiger partial charge on any atom is -0.492 e. The molecule has 3 rings (SSSR count). The molecule has 2 heterocycles. The van der Waals surface area contributed by atoms with Crippen molar-refractivity contribution >= 4 is 40.3 Å². The van der Waals surface area contributed by atoms with Gasteiger partial charge in [-0.05, 0) is 61.5 Å². The zero-order valence-electron chi connectivity index (χ0n) is 13.4. The van der Waals surface area contributed by atoms with E-state index in [4.69, 9.17) is 4.74 Å². The molecule has 1 saturated heterocycles. The lowest BCUT2D eigenvalue weighted by Crippen LogP contribution is -2.32. The second-order valence-electron chi connectivity index (χ2n) is 5.45. The Morgan fingerprint density at radius 1 is 1.17 bits per heavy atom. The Balaban J connectivity index is 1.61. The lowest BCUT2D eigenvalue weighted by atomic mass is 10.2. The Hall–Kier alpha value is -2.05. The molecule has 0 spiro atoms. The number of aryl methyl sites for hydroxylation is 2. The summed E-state index contributed by atoms with van der Waals surface area (Å²) in [5.74, 6) is 0.496. The first-order valence-corrected chi connectivity index (χ1v) is 9.17. The summed E-state index contributed by atoms with van der Waals surface area (Å²) < 4.78 is 5.63. The number of amides is 2. The zero-order valence-corrected chi connectivity index (χ0v) is 15.1. The van der Waals surface area contributed by atoms with Crippen molar-refractivity contribution in [1.82, 2.24) is 4.90 Å². The molecule has 2 aromatic rings. The van der Waals surface area contributed by atoms with Crippen LogP contribution in [-0.2, 0) is 4.79 Å². The van der Waals surface area contributed by atoms with Gasteiger partial charge < -0.3 is 4.74 Å². The van der Waals surface area contributed by atoms with E-state index in [2.05, 4.69) is 0 Å². The number of carbonyl (C=O) groups is 2. The molecule has 1 aliphatic heterocycles. The van der Waals surface area contributed by atoms with Gasteiger partial charge in [-0.15, -0.1) is 11.3 Å². The summed E-state index contributed by atoms with van der Waals surface area (Å²) >= 11 is 2.58. The van der Waals surface area contributed by atoms with Crippen molar-refractivity contribution in [3.05, 3.63) is 56.6 Å². The molecule has 2 amide bonds. The molecule has 0 aliphatic carbocycles. The molecule has 6 heteroatoms. The zero-order chi connectivity index (χ0) is 17.1. The van der Waals surface area contributed by atoms with Crippen molar-refractivity contribution in [2.75, 3.05) is 13.2 Å². The highest BCUT2D eigenvalue weighted by molar-refractivity contribution is 8.18. The fourth-order valence-electron chi connectivity index (χ4n) is 2.31. The Morgan fingerprint density at radius 2 is 2.00 bits per heavy atom. The summed E-state index contributed by atoms with van der Waals surface area (Å²) in [7, 11) is 0. The summed E-state index contributed by atoms with van der Waals surface area (Å²) in [5, 5.41) is -0.243. The van der Waals surface area contributed by atoms with Crippen molar-refractivity contribution in [3.8, 4) is 5.75 Å². The van der Waals surface area contributed by atoms with E-state index in [9.17, 15) is 9.59 Å². The van der Waals surface area contributed by atoms with Gasteiger partial charge in [-0.1, -0.05) is 12.1 Å². The summed E-state index contributed by atoms with van der Waals surface area (Å²) in [6.45, 7) is 4.53. The van der Waals surface area contributed by atoms with Crippen LogP contribution in [0.3, 0.4) is 0 Å². The van der Waals surface area contributed by atoms with Gasteiger partial charge in [0.2, 0.25) is 0 Å². The Kier molecular flexibility index (Phi) is 5.06. The molecule has 1 aliphatic rings. The molecule has 0 saturated carbocycles. The number of carbonyl (C=O) groups excluding carboxylic acids is 2. The number of nitrogens with zero attached hydrogens (tertiary/aromatic N) is 1. The fourth-order valence-corrected chi connectivity index (χ4v) is 4.06. The normalized spacial score (nSPS) is 16.2. The molecule has 1 aromatic carbocycles. The largest absolute Gasteiger partial charge is 0.492 e. The summed E-state index contributed by atoms with van der Waals surface area (Å²) in [6.07, 6.45) is 1.78. The first kappa shape index (κ1) is 16.8. The highest BCUT2D eigenvalue weighted by atomic mass is 32.2. The smallest absolute Gasteiger partial charge is 0.293 e. The van der Waals surface area contributed by atoms with E-state index >= 15 is 0 Å². The Morgan fingerprint density at radius 3 is 2.71 bits per heavy atom. The third-order valence-corrected chi connectivity index (χ3v) is 5.34. The number of ether oxygens (including phenoxy) is 1. The quantitative estimate of drug-likeness (QED) is 0.739. The molecule has 0 bridgehead atoms. The molecule has 0 unspecified atom stereocenters. The summed E-state index contributed by atoms with van der Waals surface area (Å²) in [4.78, 5) is 28.3. The Labute approximate surface area is 149 Å².